The van der Waals surface area contributed by atoms with E-state index in [1.165, 1.54) is 24.4 Å². The van der Waals surface area contributed by atoms with E-state index >= 15 is 4.39 Å². The molecule has 2 aromatic carbocycles. The fraction of sp³-hybridized carbons (Fsp3) is 0.360. The van der Waals surface area contributed by atoms with E-state index in [0.29, 0.717) is 6.42 Å². The summed E-state index contributed by atoms with van der Waals surface area (Å²) in [6, 6.07) is 7.13. The predicted molar refractivity (Wildman–Crippen MR) is 138 cm³/mol. The zero-order valence-corrected chi connectivity index (χ0v) is 22.4. The minimum Gasteiger partial charge on any atom is -0.385 e. The van der Waals surface area contributed by atoms with Gasteiger partial charge in [-0.05, 0) is 69.3 Å². The van der Waals surface area contributed by atoms with Gasteiger partial charge in [-0.2, -0.15) is 13.2 Å². The third kappa shape index (κ3) is 6.43. The molecule has 4 rings (SSSR count). The first-order chi connectivity index (χ1) is 18.2. The Bertz CT molecular complexity index is 1440. The van der Waals surface area contributed by atoms with Crippen LogP contribution in [0.3, 0.4) is 0 Å². The number of hydrogen-bond acceptors (Lipinski definition) is 7. The maximum Gasteiger partial charge on any atom is 0.416 e. The van der Waals surface area contributed by atoms with Gasteiger partial charge in [-0.15, -0.1) is 0 Å². The topological polar surface area (TPSA) is 107 Å². The van der Waals surface area contributed by atoms with Crippen LogP contribution in [0.1, 0.15) is 30.4 Å². The molecule has 1 fully saturated rings. The number of likely N-dealkylation sites (N-methyl/N-ethyl adjacent to an activating group) is 1. The summed E-state index contributed by atoms with van der Waals surface area (Å²) in [6.07, 6.45) is -1.56. The number of alkyl halides is 3. The lowest BCUT2D eigenvalue weighted by molar-refractivity contribution is -0.137. The number of sulfonamides is 1. The highest BCUT2D eigenvalue weighted by molar-refractivity contribution is 7.92. The minimum absolute atomic E-state index is 0.0491. The molecule has 0 amide bonds. The van der Waals surface area contributed by atoms with Crippen molar-refractivity contribution in [3.63, 3.8) is 0 Å². The molecular formula is C25H26ClF4N5O3S. The van der Waals surface area contributed by atoms with Gasteiger partial charge in [0, 0.05) is 18.3 Å². The lowest BCUT2D eigenvalue weighted by Gasteiger charge is -2.45. The van der Waals surface area contributed by atoms with Crippen molar-refractivity contribution in [3.05, 3.63) is 77.0 Å². The Labute approximate surface area is 228 Å². The summed E-state index contributed by atoms with van der Waals surface area (Å²) >= 11 is 6.35. The van der Waals surface area contributed by atoms with E-state index in [1.54, 1.807) is 14.1 Å². The third-order valence-electron chi connectivity index (χ3n) is 6.74. The van der Waals surface area contributed by atoms with Crippen LogP contribution in [0.15, 0.2) is 59.9 Å². The number of aromatic nitrogens is 2. The van der Waals surface area contributed by atoms with E-state index < -0.39 is 38.1 Å². The summed E-state index contributed by atoms with van der Waals surface area (Å²) in [6.45, 7) is 0. The molecule has 3 N–H and O–H groups in total. The van der Waals surface area contributed by atoms with Crippen molar-refractivity contribution in [2.45, 2.75) is 48.0 Å². The molecule has 0 unspecified atom stereocenters. The first-order valence-corrected chi connectivity index (χ1v) is 13.7. The van der Waals surface area contributed by atoms with Crippen LogP contribution < -0.4 is 10.0 Å². The molecule has 0 bridgehead atoms. The molecule has 1 saturated carbocycles. The molecule has 39 heavy (non-hydrogen) atoms. The highest BCUT2D eigenvalue weighted by Crippen LogP contribution is 2.42. The van der Waals surface area contributed by atoms with Gasteiger partial charge in [0.15, 0.2) is 0 Å². The SMILES string of the molecule is CN(C)[C@H]1C[C@@](O)(c2cccc(C(F)(F)F)c2)CC[C@@H]1Nc1cc(F)c(S(=O)(=O)Nc2ccncn2)cc1Cl. The van der Waals surface area contributed by atoms with E-state index in [9.17, 15) is 26.7 Å². The fourth-order valence-electron chi connectivity index (χ4n) is 4.72. The van der Waals surface area contributed by atoms with Crippen LogP contribution in [0.2, 0.25) is 5.02 Å². The second kappa shape index (κ2) is 10.9. The molecule has 3 aromatic rings. The summed E-state index contributed by atoms with van der Waals surface area (Å²) in [5, 5.41) is 14.5. The van der Waals surface area contributed by atoms with Gasteiger partial charge in [-0.3, -0.25) is 4.72 Å². The number of rotatable bonds is 7. The first kappa shape index (κ1) is 29.0. The Morgan fingerprint density at radius 1 is 1.18 bits per heavy atom. The number of aliphatic hydroxyl groups is 1. The highest BCUT2D eigenvalue weighted by Gasteiger charge is 2.43. The average molecular weight is 588 g/mol. The molecule has 210 valence electrons. The van der Waals surface area contributed by atoms with Crippen LogP contribution in [0, 0.1) is 5.82 Å². The predicted octanol–water partition coefficient (Wildman–Crippen LogP) is 4.87. The molecule has 1 aromatic heterocycles. The van der Waals surface area contributed by atoms with Crippen molar-refractivity contribution < 1.29 is 31.1 Å². The molecule has 1 aliphatic carbocycles. The van der Waals surface area contributed by atoms with Crippen molar-refractivity contribution in [2.24, 2.45) is 0 Å². The summed E-state index contributed by atoms with van der Waals surface area (Å²) in [4.78, 5) is 8.59. The smallest absolute Gasteiger partial charge is 0.385 e. The van der Waals surface area contributed by atoms with E-state index in [0.717, 1.165) is 30.6 Å². The largest absolute Gasteiger partial charge is 0.416 e. The van der Waals surface area contributed by atoms with Crippen molar-refractivity contribution in [1.82, 2.24) is 14.9 Å². The van der Waals surface area contributed by atoms with Crippen LogP contribution in [0.25, 0.3) is 0 Å². The van der Waals surface area contributed by atoms with Gasteiger partial charge in [-0.1, -0.05) is 23.7 Å². The standard InChI is InChI=1S/C25H26ClF4N5O3S/c1-35(2)21-13-24(36,15-4-3-5-16(10-15)25(28,29)30)8-6-19(21)33-20-12-18(27)22(11-17(20)26)39(37,38)34-23-7-9-31-14-32-23/h3-5,7,9-12,14,19,21,33,36H,6,8,13H2,1-2H3,(H,31,32,34)/t19-,21-,24+/m0/s1. The maximum absolute atomic E-state index is 15.0. The van der Waals surface area contributed by atoms with Gasteiger partial charge in [0.05, 0.1) is 21.9 Å². The average Bonchev–Trinajstić information content (AvgIpc) is 2.87. The fourth-order valence-corrected chi connectivity index (χ4v) is 6.10. The van der Waals surface area contributed by atoms with Crippen LogP contribution >= 0.6 is 11.6 Å². The molecule has 1 heterocycles. The zero-order valence-electron chi connectivity index (χ0n) is 20.9. The molecule has 0 radical (unpaired) electrons. The van der Waals surface area contributed by atoms with Gasteiger partial charge >= 0.3 is 6.18 Å². The Kier molecular flexibility index (Phi) is 8.08. The second-order valence-electron chi connectivity index (χ2n) is 9.60. The highest BCUT2D eigenvalue weighted by atomic mass is 35.5. The van der Waals surface area contributed by atoms with Gasteiger partial charge in [0.25, 0.3) is 10.0 Å². The number of benzene rings is 2. The summed E-state index contributed by atoms with van der Waals surface area (Å²) in [7, 11) is -0.834. The number of nitrogens with one attached hydrogen (secondary N) is 2. The summed E-state index contributed by atoms with van der Waals surface area (Å²) < 4.78 is 82.4. The maximum atomic E-state index is 15.0. The van der Waals surface area contributed by atoms with Crippen LogP contribution in [0.5, 0.6) is 0 Å². The summed E-state index contributed by atoms with van der Waals surface area (Å²) in [5.41, 5.74) is -2.07. The lowest BCUT2D eigenvalue weighted by Crippen LogP contribution is -2.52. The van der Waals surface area contributed by atoms with Gasteiger partial charge in [-0.25, -0.2) is 22.8 Å². The number of anilines is 2. The Balaban J connectivity index is 1.56. The first-order valence-electron chi connectivity index (χ1n) is 11.8. The number of hydrogen-bond donors (Lipinski definition) is 3. The number of nitrogens with zero attached hydrogens (tertiary/aromatic N) is 3. The second-order valence-corrected chi connectivity index (χ2v) is 11.7. The van der Waals surface area contributed by atoms with Gasteiger partial charge in [0.1, 0.15) is 22.9 Å². The molecule has 14 heteroatoms. The van der Waals surface area contributed by atoms with Crippen molar-refractivity contribution in [1.29, 1.82) is 0 Å². The molecule has 1 aliphatic rings. The zero-order chi connectivity index (χ0) is 28.6. The Hall–Kier alpha value is -3.00. The normalized spacial score (nSPS) is 22.1. The van der Waals surface area contributed by atoms with Gasteiger partial charge in [0.2, 0.25) is 0 Å². The van der Waals surface area contributed by atoms with Crippen molar-refractivity contribution >= 4 is 33.1 Å². The van der Waals surface area contributed by atoms with E-state index in [1.807, 2.05) is 4.90 Å². The van der Waals surface area contributed by atoms with Gasteiger partial charge < -0.3 is 15.3 Å². The Morgan fingerprint density at radius 3 is 2.56 bits per heavy atom. The van der Waals surface area contributed by atoms with Crippen LogP contribution in [-0.2, 0) is 21.8 Å². The van der Waals surface area contributed by atoms with E-state index in [-0.39, 0.29) is 47.0 Å². The monoisotopic (exact) mass is 587 g/mol. The molecule has 8 nitrogen and oxygen atoms in total. The van der Waals surface area contributed by atoms with Crippen molar-refractivity contribution in [3.8, 4) is 0 Å². The molecule has 0 saturated heterocycles. The molecule has 0 spiro atoms. The number of halogens is 5. The summed E-state index contributed by atoms with van der Waals surface area (Å²) in [5.74, 6) is -1.10. The lowest BCUT2D eigenvalue weighted by atomic mass is 9.74. The molecule has 0 aliphatic heterocycles. The quantitative estimate of drug-likeness (QED) is 0.339. The van der Waals surface area contributed by atoms with Crippen LogP contribution in [-0.4, -0.2) is 54.6 Å². The third-order valence-corrected chi connectivity index (χ3v) is 8.43. The minimum atomic E-state index is -4.54. The van der Waals surface area contributed by atoms with Crippen molar-refractivity contribution in [2.75, 3.05) is 24.1 Å². The van der Waals surface area contributed by atoms with E-state index in [2.05, 4.69) is 20.0 Å². The van der Waals surface area contributed by atoms with Crippen LogP contribution in [0.4, 0.5) is 29.1 Å². The Morgan fingerprint density at radius 2 is 1.92 bits per heavy atom. The molecule has 3 atom stereocenters. The van der Waals surface area contributed by atoms with E-state index in [4.69, 9.17) is 11.6 Å². The molecular weight excluding hydrogens is 562 g/mol.